The zero-order chi connectivity index (χ0) is 13.1. The van der Waals surface area contributed by atoms with Gasteiger partial charge < -0.3 is 10.5 Å². The Balaban J connectivity index is 2.44. The van der Waals surface area contributed by atoms with E-state index in [1.54, 1.807) is 12.1 Å². The molecule has 0 aliphatic rings. The van der Waals surface area contributed by atoms with Crippen molar-refractivity contribution in [3.63, 3.8) is 0 Å². The molecular formula is C14H12FNOS. The first kappa shape index (κ1) is 12.5. The number of aryl methyl sites for hydroxylation is 1. The van der Waals surface area contributed by atoms with Crippen molar-refractivity contribution >= 4 is 17.2 Å². The Hall–Kier alpha value is -1.94. The first-order valence-corrected chi connectivity index (χ1v) is 5.82. The van der Waals surface area contributed by atoms with Crippen molar-refractivity contribution in [3.8, 4) is 11.5 Å². The van der Waals surface area contributed by atoms with Gasteiger partial charge in [0.05, 0.1) is 5.56 Å². The lowest BCUT2D eigenvalue weighted by atomic mass is 10.1. The molecule has 0 atom stereocenters. The molecule has 0 fully saturated rings. The predicted octanol–water partition coefficient (Wildman–Crippen LogP) is 3.56. The Morgan fingerprint density at radius 3 is 2.44 bits per heavy atom. The summed E-state index contributed by atoms with van der Waals surface area (Å²) in [4.78, 5) is -0.0170. The zero-order valence-electron chi connectivity index (χ0n) is 9.81. The fourth-order valence-electron chi connectivity index (χ4n) is 1.62. The predicted molar refractivity (Wildman–Crippen MR) is 73.5 cm³/mol. The lowest BCUT2D eigenvalue weighted by Gasteiger charge is -2.12. The van der Waals surface area contributed by atoms with E-state index in [-0.39, 0.29) is 10.6 Å². The number of para-hydroxylation sites is 1. The highest BCUT2D eigenvalue weighted by Crippen LogP contribution is 2.29. The Kier molecular flexibility index (Phi) is 3.58. The first-order valence-electron chi connectivity index (χ1n) is 5.41. The van der Waals surface area contributed by atoms with Gasteiger partial charge in [-0.25, -0.2) is 4.39 Å². The fraction of sp³-hybridized carbons (Fsp3) is 0.0714. The first-order chi connectivity index (χ1) is 8.59. The standard InChI is InChI=1S/C14H12FNOS/c1-9-5-2-3-7-11(9)17-12-8-4-6-10(15)13(12)14(16)18/h2-8H,1H3,(H2,16,18). The van der Waals surface area contributed by atoms with Crippen molar-refractivity contribution in [2.75, 3.05) is 0 Å². The largest absolute Gasteiger partial charge is 0.456 e. The van der Waals surface area contributed by atoms with E-state index in [1.165, 1.54) is 6.07 Å². The van der Waals surface area contributed by atoms with Crippen LogP contribution in [0.15, 0.2) is 42.5 Å². The molecule has 0 bridgehead atoms. The van der Waals surface area contributed by atoms with Gasteiger partial charge in [0.15, 0.2) is 0 Å². The number of halogens is 1. The van der Waals surface area contributed by atoms with Gasteiger partial charge in [-0.15, -0.1) is 0 Å². The van der Waals surface area contributed by atoms with E-state index in [0.717, 1.165) is 5.56 Å². The number of nitrogens with two attached hydrogens (primary N) is 1. The molecule has 0 amide bonds. The molecule has 0 aliphatic heterocycles. The van der Waals surface area contributed by atoms with Crippen LogP contribution in [-0.2, 0) is 0 Å². The van der Waals surface area contributed by atoms with Crippen LogP contribution in [0.2, 0.25) is 0 Å². The summed E-state index contributed by atoms with van der Waals surface area (Å²) in [6.07, 6.45) is 0. The molecule has 2 N–H and O–H groups in total. The van der Waals surface area contributed by atoms with Gasteiger partial charge in [-0.2, -0.15) is 0 Å². The quantitative estimate of drug-likeness (QED) is 0.858. The average Bonchev–Trinajstić information content (AvgIpc) is 2.31. The Morgan fingerprint density at radius 1 is 1.11 bits per heavy atom. The van der Waals surface area contributed by atoms with Crippen molar-refractivity contribution in [1.82, 2.24) is 0 Å². The molecule has 0 saturated heterocycles. The van der Waals surface area contributed by atoms with Crippen molar-refractivity contribution in [2.24, 2.45) is 5.73 Å². The number of benzene rings is 2. The van der Waals surface area contributed by atoms with Crippen molar-refractivity contribution < 1.29 is 9.13 Å². The smallest absolute Gasteiger partial charge is 0.140 e. The third-order valence-electron chi connectivity index (χ3n) is 2.54. The lowest BCUT2D eigenvalue weighted by Crippen LogP contribution is -2.13. The van der Waals surface area contributed by atoms with Crippen LogP contribution in [0.4, 0.5) is 4.39 Å². The van der Waals surface area contributed by atoms with E-state index in [1.807, 2.05) is 31.2 Å². The Labute approximate surface area is 110 Å². The highest BCUT2D eigenvalue weighted by atomic mass is 32.1. The van der Waals surface area contributed by atoms with Crippen molar-refractivity contribution in [3.05, 3.63) is 59.4 Å². The van der Waals surface area contributed by atoms with Gasteiger partial charge in [0, 0.05) is 0 Å². The Bertz CT molecular complexity index is 598. The lowest BCUT2D eigenvalue weighted by molar-refractivity contribution is 0.472. The van der Waals surface area contributed by atoms with Crippen molar-refractivity contribution in [2.45, 2.75) is 6.92 Å². The van der Waals surface area contributed by atoms with E-state index in [2.05, 4.69) is 0 Å². The van der Waals surface area contributed by atoms with E-state index in [9.17, 15) is 4.39 Å². The van der Waals surface area contributed by atoms with Crippen LogP contribution < -0.4 is 10.5 Å². The summed E-state index contributed by atoms with van der Waals surface area (Å²) in [6.45, 7) is 1.91. The van der Waals surface area contributed by atoms with Crippen LogP contribution in [0.25, 0.3) is 0 Å². The molecule has 4 heteroatoms. The average molecular weight is 261 g/mol. The molecule has 2 aromatic rings. The third-order valence-corrected chi connectivity index (χ3v) is 2.74. The summed E-state index contributed by atoms with van der Waals surface area (Å²) >= 11 is 4.84. The molecule has 0 radical (unpaired) electrons. The highest BCUT2D eigenvalue weighted by Gasteiger charge is 2.13. The molecule has 2 aromatic carbocycles. The summed E-state index contributed by atoms with van der Waals surface area (Å²) in [6, 6.07) is 12.0. The molecule has 0 spiro atoms. The van der Waals surface area contributed by atoms with Gasteiger partial charge >= 0.3 is 0 Å². The minimum atomic E-state index is -0.478. The maximum atomic E-state index is 13.7. The number of ether oxygens (including phenoxy) is 1. The molecule has 0 unspecified atom stereocenters. The Morgan fingerprint density at radius 2 is 1.78 bits per heavy atom. The van der Waals surface area contributed by atoms with E-state index in [0.29, 0.717) is 11.5 Å². The van der Waals surface area contributed by atoms with E-state index >= 15 is 0 Å². The summed E-state index contributed by atoms with van der Waals surface area (Å²) in [5.41, 5.74) is 6.61. The zero-order valence-corrected chi connectivity index (χ0v) is 10.6. The molecule has 0 saturated carbocycles. The van der Waals surface area contributed by atoms with Gasteiger partial charge in [-0.3, -0.25) is 0 Å². The second-order valence-electron chi connectivity index (χ2n) is 3.84. The van der Waals surface area contributed by atoms with Crippen LogP contribution in [0, 0.1) is 12.7 Å². The molecule has 2 nitrogen and oxygen atoms in total. The van der Waals surface area contributed by atoms with Gasteiger partial charge in [0.25, 0.3) is 0 Å². The van der Waals surface area contributed by atoms with Gasteiger partial charge in [0.2, 0.25) is 0 Å². The third kappa shape index (κ3) is 2.49. The normalized spacial score (nSPS) is 10.1. The van der Waals surface area contributed by atoms with Crippen LogP contribution in [-0.4, -0.2) is 4.99 Å². The topological polar surface area (TPSA) is 35.2 Å². The van der Waals surface area contributed by atoms with Gasteiger partial charge in [-0.05, 0) is 30.7 Å². The van der Waals surface area contributed by atoms with Crippen LogP contribution in [0.5, 0.6) is 11.5 Å². The molecule has 2 rings (SSSR count). The van der Waals surface area contributed by atoms with Crippen molar-refractivity contribution in [1.29, 1.82) is 0 Å². The molecular weight excluding hydrogens is 249 g/mol. The molecule has 0 heterocycles. The number of thiocarbonyl (C=S) groups is 1. The summed E-state index contributed by atoms with van der Waals surface area (Å²) in [5, 5.41) is 0. The number of hydrogen-bond donors (Lipinski definition) is 1. The summed E-state index contributed by atoms with van der Waals surface area (Å²) < 4.78 is 19.3. The van der Waals surface area contributed by atoms with Crippen LogP contribution >= 0.6 is 12.2 Å². The van der Waals surface area contributed by atoms with Crippen LogP contribution in [0.3, 0.4) is 0 Å². The fourth-order valence-corrected chi connectivity index (χ4v) is 1.82. The highest BCUT2D eigenvalue weighted by molar-refractivity contribution is 7.80. The van der Waals surface area contributed by atoms with Crippen LogP contribution in [0.1, 0.15) is 11.1 Å². The second-order valence-corrected chi connectivity index (χ2v) is 4.28. The maximum Gasteiger partial charge on any atom is 0.140 e. The van der Waals surface area contributed by atoms with Gasteiger partial charge in [-0.1, -0.05) is 36.5 Å². The second kappa shape index (κ2) is 5.14. The minimum Gasteiger partial charge on any atom is -0.456 e. The molecule has 18 heavy (non-hydrogen) atoms. The van der Waals surface area contributed by atoms with Gasteiger partial charge in [0.1, 0.15) is 22.3 Å². The molecule has 0 aromatic heterocycles. The maximum absolute atomic E-state index is 13.7. The molecule has 0 aliphatic carbocycles. The number of hydrogen-bond acceptors (Lipinski definition) is 2. The van der Waals surface area contributed by atoms with E-state index in [4.69, 9.17) is 22.7 Å². The summed E-state index contributed by atoms with van der Waals surface area (Å²) in [7, 11) is 0. The van der Waals surface area contributed by atoms with E-state index < -0.39 is 5.82 Å². The number of rotatable bonds is 3. The minimum absolute atomic E-state index is 0.0170. The molecule has 92 valence electrons. The SMILES string of the molecule is Cc1ccccc1Oc1cccc(F)c1C(N)=S. The monoisotopic (exact) mass is 261 g/mol. The summed E-state index contributed by atoms with van der Waals surface area (Å²) in [5.74, 6) is 0.506.